The van der Waals surface area contributed by atoms with Crippen LogP contribution in [-0.2, 0) is 40.4 Å². The van der Waals surface area contributed by atoms with Crippen molar-refractivity contribution in [3.63, 3.8) is 0 Å². The summed E-state index contributed by atoms with van der Waals surface area (Å²) in [4.78, 5) is 0. The summed E-state index contributed by atoms with van der Waals surface area (Å²) >= 11 is 0. The van der Waals surface area contributed by atoms with Crippen LogP contribution in [0.1, 0.15) is 115 Å². The van der Waals surface area contributed by atoms with Gasteiger partial charge in [-0.1, -0.05) is 151 Å². The maximum atomic E-state index is 8.51. The topological polar surface area (TPSA) is 11.6 Å². The van der Waals surface area contributed by atoms with Gasteiger partial charge in [0.2, 0.25) is 17.1 Å². The summed E-state index contributed by atoms with van der Waals surface area (Å²) in [7, 11) is 6.23. The van der Waals surface area contributed by atoms with Gasteiger partial charge in [0, 0.05) is 58.4 Å². The summed E-state index contributed by atoms with van der Waals surface area (Å²) in [5.74, 6) is 1.18. The molecule has 78 heavy (non-hydrogen) atoms. The van der Waals surface area contributed by atoms with E-state index in [0.717, 1.165) is 40.8 Å². The Morgan fingerprint density at radius 1 is 0.333 bits per heavy atom. The summed E-state index contributed by atoms with van der Waals surface area (Å²) in [5, 5.41) is 0. The molecule has 0 saturated carbocycles. The molecule has 0 aliphatic heterocycles. The van der Waals surface area contributed by atoms with Crippen LogP contribution in [0.4, 0.5) is 0 Å². The molecular formula is C75H90N3+3. The van der Waals surface area contributed by atoms with Crippen molar-refractivity contribution in [1.82, 2.24) is 0 Å². The fourth-order valence-electron chi connectivity index (χ4n) is 10.9. The van der Waals surface area contributed by atoms with Gasteiger partial charge in [0.05, 0.1) is 0 Å². The molecule has 0 atom stereocenters. The maximum absolute atomic E-state index is 8.51. The third kappa shape index (κ3) is 14.3. The van der Waals surface area contributed by atoms with Gasteiger partial charge in [-0.05, 0) is 201 Å². The van der Waals surface area contributed by atoms with Gasteiger partial charge in [-0.2, -0.15) is 0 Å². The highest BCUT2D eigenvalue weighted by Crippen LogP contribution is 2.35. The van der Waals surface area contributed by atoms with Crippen molar-refractivity contribution in [3.8, 4) is 67.2 Å². The molecule has 0 radical (unpaired) electrons. The molecule has 6 aromatic carbocycles. The Hall–Kier alpha value is -7.23. The highest BCUT2D eigenvalue weighted by molar-refractivity contribution is 5.78. The van der Waals surface area contributed by atoms with E-state index >= 15 is 0 Å². The van der Waals surface area contributed by atoms with Crippen LogP contribution in [-0.4, -0.2) is 0 Å². The zero-order valence-electron chi connectivity index (χ0n) is 55.1. The molecule has 0 fully saturated rings. The fraction of sp³-hybridized carbons (Fsp3) is 0.320. The summed E-state index contributed by atoms with van der Waals surface area (Å²) in [6.07, 6.45) is 7.26. The first-order chi connectivity index (χ1) is 39.1. The molecule has 0 spiro atoms. The molecule has 3 aromatic heterocycles. The lowest BCUT2D eigenvalue weighted by molar-refractivity contribution is -0.661. The summed E-state index contributed by atoms with van der Waals surface area (Å²) in [5.41, 5.74) is 27.6. The third-order valence-corrected chi connectivity index (χ3v) is 14.9. The Balaban J connectivity index is 0.000000180. The van der Waals surface area contributed by atoms with Gasteiger partial charge in [-0.3, -0.25) is 0 Å². The molecule has 3 heterocycles. The van der Waals surface area contributed by atoms with Crippen LogP contribution in [0.2, 0.25) is 0 Å². The lowest BCUT2D eigenvalue weighted by Gasteiger charge is -2.14. The molecule has 0 aliphatic rings. The number of hydrogen-bond donors (Lipinski definition) is 0. The van der Waals surface area contributed by atoms with E-state index in [0.29, 0.717) is 28.5 Å². The Morgan fingerprint density at radius 2 is 0.667 bits per heavy atom. The van der Waals surface area contributed by atoms with E-state index in [1.54, 1.807) is 6.07 Å². The number of aryl methyl sites for hydroxylation is 12. The predicted octanol–water partition coefficient (Wildman–Crippen LogP) is 17.9. The first kappa shape index (κ1) is 51.5. The molecule has 0 bridgehead atoms. The first-order valence-electron chi connectivity index (χ1n) is 30.6. The quantitative estimate of drug-likeness (QED) is 0.108. The van der Waals surface area contributed by atoms with E-state index in [1.807, 2.05) is 88.0 Å². The number of aromatic nitrogens is 3. The smallest absolute Gasteiger partial charge is 0.201 e. The van der Waals surface area contributed by atoms with Crippen molar-refractivity contribution >= 4 is 0 Å². The second kappa shape index (κ2) is 25.9. The summed E-state index contributed by atoms with van der Waals surface area (Å²) < 4.78 is 47.6. The largest absolute Gasteiger partial charge is 0.212 e. The van der Waals surface area contributed by atoms with E-state index in [9.17, 15) is 0 Å². The van der Waals surface area contributed by atoms with Crippen LogP contribution in [0.15, 0.2) is 164 Å². The van der Waals surface area contributed by atoms with E-state index in [2.05, 4.69) is 202 Å². The van der Waals surface area contributed by atoms with Crippen molar-refractivity contribution in [2.45, 2.75) is 123 Å². The number of rotatable bonds is 12. The van der Waals surface area contributed by atoms with Crippen LogP contribution < -0.4 is 13.7 Å². The first-order valence-corrected chi connectivity index (χ1v) is 28.1. The van der Waals surface area contributed by atoms with Crippen LogP contribution >= 0.6 is 0 Å². The van der Waals surface area contributed by atoms with Gasteiger partial charge in [0.25, 0.3) is 0 Å². The zero-order chi connectivity index (χ0) is 60.8. The average Bonchev–Trinajstić information content (AvgIpc) is 3.60. The van der Waals surface area contributed by atoms with E-state index < -0.39 is 13.2 Å². The molecule has 9 rings (SSSR count). The van der Waals surface area contributed by atoms with E-state index in [4.69, 9.17) is 6.85 Å². The van der Waals surface area contributed by atoms with Gasteiger partial charge < -0.3 is 0 Å². The highest BCUT2D eigenvalue weighted by Gasteiger charge is 2.22. The minimum absolute atomic E-state index is 0.151. The van der Waals surface area contributed by atoms with Gasteiger partial charge in [0.1, 0.15) is 21.1 Å². The monoisotopic (exact) mass is 1040 g/mol. The summed E-state index contributed by atoms with van der Waals surface area (Å²) in [6.45, 7) is 27.9. The fourth-order valence-corrected chi connectivity index (χ4v) is 10.9. The molecule has 0 unspecified atom stereocenters. The second-order valence-corrected chi connectivity index (χ2v) is 23.1. The summed E-state index contributed by atoms with van der Waals surface area (Å²) in [6, 6.07) is 50.8. The Kier molecular flexibility index (Phi) is 17.1. The molecule has 3 nitrogen and oxygen atoms in total. The number of nitrogens with zero attached hydrogens (tertiary/aromatic N) is 3. The van der Waals surface area contributed by atoms with Crippen molar-refractivity contribution in [2.24, 2.45) is 38.9 Å². The Morgan fingerprint density at radius 3 is 1.06 bits per heavy atom. The van der Waals surface area contributed by atoms with Crippen molar-refractivity contribution in [2.75, 3.05) is 0 Å². The normalized spacial score (nSPS) is 12.5. The molecule has 3 heteroatoms. The van der Waals surface area contributed by atoms with Crippen LogP contribution in [0.25, 0.3) is 67.2 Å². The van der Waals surface area contributed by atoms with Crippen molar-refractivity contribution < 1.29 is 20.6 Å². The predicted molar refractivity (Wildman–Crippen MR) is 334 cm³/mol. The maximum Gasteiger partial charge on any atom is 0.212 e. The molecule has 0 amide bonds. The van der Waals surface area contributed by atoms with Gasteiger partial charge in [-0.25, -0.2) is 13.7 Å². The van der Waals surface area contributed by atoms with Gasteiger partial charge >= 0.3 is 0 Å². The minimum atomic E-state index is -2.22. The van der Waals surface area contributed by atoms with Gasteiger partial charge in [0.15, 0.2) is 18.6 Å². The van der Waals surface area contributed by atoms with Crippen LogP contribution in [0, 0.1) is 80.0 Å². The van der Waals surface area contributed by atoms with Crippen molar-refractivity contribution in [3.05, 3.63) is 231 Å². The lowest BCUT2D eigenvalue weighted by Crippen LogP contribution is -2.32. The average molecular weight is 1040 g/mol. The van der Waals surface area contributed by atoms with Crippen LogP contribution in [0.3, 0.4) is 0 Å². The number of hydrogen-bond acceptors (Lipinski definition) is 0. The van der Waals surface area contributed by atoms with E-state index in [-0.39, 0.29) is 5.92 Å². The third-order valence-electron chi connectivity index (χ3n) is 14.9. The van der Waals surface area contributed by atoms with E-state index in [1.165, 1.54) is 89.3 Å². The lowest BCUT2D eigenvalue weighted by atomic mass is 9.91. The Labute approximate surface area is 478 Å². The number of pyridine rings is 3. The second-order valence-electron chi connectivity index (χ2n) is 23.1. The standard InChI is InChI=1S/3C25H30N/c2*1-17(2)12-22-16-26(6)25(14-18(22)3)24-15-23(19(4)13-20(24)5)21-10-8-7-9-11-21;1-17(2)12-22-14-25(26(6)16-20(22)5)24-15-23(18(3)13-19(24)4)21-10-8-7-9-11-21/h3*7-11,13-17H,12H2,1-6H3/q3*+1/i4D3,12D2;;. The number of benzene rings is 6. The highest BCUT2D eigenvalue weighted by atomic mass is 14.9. The molecule has 402 valence electrons. The molecule has 0 saturated heterocycles. The minimum Gasteiger partial charge on any atom is -0.201 e. The molecule has 9 aromatic rings. The molecule has 0 N–H and O–H groups in total. The van der Waals surface area contributed by atoms with Crippen LogP contribution in [0.5, 0.6) is 0 Å². The molecule has 0 aliphatic carbocycles. The zero-order valence-corrected chi connectivity index (χ0v) is 50.1. The van der Waals surface area contributed by atoms with Crippen molar-refractivity contribution in [1.29, 1.82) is 0 Å². The SMILES string of the molecule is Cc1c[n+](C)c(-c2cc(-c3ccccc3)c(C)cc2C)cc1CC(C)C.Cc1cc(-c2cc(-c3ccccc3)c(C)cc2C)[n+](C)cc1CC(C)C.[2H]C([2H])([2H])c1cc(C)c(-c2cc(C)c(C([2H])([2H])C(C)C)c[n+]2C)cc1-c1ccccc1. The van der Waals surface area contributed by atoms with Gasteiger partial charge in [-0.15, -0.1) is 0 Å². The Bertz CT molecular complexity index is 3730. The molecular weight excluding hydrogens is 943 g/mol.